The molecule has 0 saturated carbocycles. The van der Waals surface area contributed by atoms with Crippen LogP contribution in [0.25, 0.3) is 11.1 Å². The number of carbonyl (C=O) groups excluding carboxylic acids is 1. The number of hydrogen-bond acceptors (Lipinski definition) is 6. The quantitative estimate of drug-likeness (QED) is 0.258. The van der Waals surface area contributed by atoms with Crippen molar-refractivity contribution in [1.82, 2.24) is 20.0 Å². The van der Waals surface area contributed by atoms with Crippen LogP contribution >= 0.6 is 0 Å². The van der Waals surface area contributed by atoms with Crippen LogP contribution in [0.2, 0.25) is 0 Å². The maximum Gasteiger partial charge on any atom is 0.305 e. The Morgan fingerprint density at radius 2 is 1.70 bits per heavy atom. The highest BCUT2D eigenvalue weighted by Gasteiger charge is 2.31. The number of alkyl halides is 1. The number of carboxylic acid groups (broad SMARTS) is 1. The first kappa shape index (κ1) is 34.7. The Balaban J connectivity index is 1.72. The Morgan fingerprint density at radius 3 is 2.26 bits per heavy atom. The number of carbonyl (C=O) groups is 2. The molecule has 1 aromatic heterocycles. The molecule has 2 N–H and O–H groups in total. The fourth-order valence-corrected chi connectivity index (χ4v) is 6.15. The first-order valence-electron chi connectivity index (χ1n) is 15.6. The molecule has 0 spiro atoms. The highest BCUT2D eigenvalue weighted by atomic mass is 19.1. The Morgan fingerprint density at radius 1 is 1.04 bits per heavy atom. The molecule has 248 valence electrons. The van der Waals surface area contributed by atoms with Crippen LogP contribution in [0.15, 0.2) is 35.1 Å². The van der Waals surface area contributed by atoms with Crippen molar-refractivity contribution in [2.75, 3.05) is 26.7 Å². The van der Waals surface area contributed by atoms with E-state index in [2.05, 4.69) is 10.4 Å². The molecule has 1 aliphatic rings. The number of halogens is 2. The van der Waals surface area contributed by atoms with E-state index in [1.165, 1.54) is 6.07 Å². The third-order valence-electron chi connectivity index (χ3n) is 8.50. The topological polar surface area (TPSA) is 114 Å². The van der Waals surface area contributed by atoms with Gasteiger partial charge in [-0.15, -0.1) is 0 Å². The van der Waals surface area contributed by atoms with Crippen LogP contribution in [-0.4, -0.2) is 64.6 Å². The second kappa shape index (κ2) is 14.5. The minimum Gasteiger partial charge on any atom is -0.497 e. The molecule has 1 fully saturated rings. The normalized spacial score (nSPS) is 15.0. The lowest BCUT2D eigenvalue weighted by Crippen LogP contribution is -2.49. The monoisotopic (exact) mass is 638 g/mol. The minimum absolute atomic E-state index is 0.0296. The van der Waals surface area contributed by atoms with Crippen molar-refractivity contribution in [3.8, 4) is 16.9 Å². The first-order valence-corrected chi connectivity index (χ1v) is 15.6. The van der Waals surface area contributed by atoms with Crippen molar-refractivity contribution >= 4 is 11.9 Å². The van der Waals surface area contributed by atoms with Crippen molar-refractivity contribution < 1.29 is 28.2 Å². The molecule has 9 nitrogen and oxygen atoms in total. The predicted octanol–water partition coefficient (Wildman–Crippen LogP) is 5.41. The summed E-state index contributed by atoms with van der Waals surface area (Å²) in [6.45, 7) is 12.3. The number of aliphatic carboxylic acids is 1. The van der Waals surface area contributed by atoms with Gasteiger partial charge in [0.2, 0.25) is 5.91 Å². The van der Waals surface area contributed by atoms with Gasteiger partial charge in [0.05, 0.1) is 25.3 Å². The molecule has 1 saturated heterocycles. The number of nitrogens with zero attached hydrogens (tertiary/aromatic N) is 3. The zero-order valence-electron chi connectivity index (χ0n) is 27.6. The van der Waals surface area contributed by atoms with Gasteiger partial charge in [-0.3, -0.25) is 19.3 Å². The average Bonchev–Trinajstić information content (AvgIpc) is 2.95. The van der Waals surface area contributed by atoms with Crippen LogP contribution in [0.4, 0.5) is 8.78 Å². The lowest BCUT2D eigenvalue weighted by Gasteiger charge is -2.34. The molecule has 1 aliphatic heterocycles. The number of benzene rings is 2. The van der Waals surface area contributed by atoms with E-state index in [0.717, 1.165) is 21.4 Å². The molecule has 0 aliphatic carbocycles. The average molecular weight is 639 g/mol. The van der Waals surface area contributed by atoms with Gasteiger partial charge in [0, 0.05) is 37.7 Å². The number of ether oxygens (including phenoxy) is 1. The summed E-state index contributed by atoms with van der Waals surface area (Å²) in [7, 11) is 1.58. The molecule has 2 atom stereocenters. The van der Waals surface area contributed by atoms with Crippen molar-refractivity contribution in [1.29, 1.82) is 0 Å². The van der Waals surface area contributed by atoms with E-state index in [1.807, 2.05) is 44.7 Å². The molecule has 4 rings (SSSR count). The van der Waals surface area contributed by atoms with E-state index < -0.39 is 47.9 Å². The predicted molar refractivity (Wildman–Crippen MR) is 173 cm³/mol. The zero-order chi connectivity index (χ0) is 33.9. The van der Waals surface area contributed by atoms with E-state index >= 15 is 4.39 Å². The summed E-state index contributed by atoms with van der Waals surface area (Å²) < 4.78 is 35.7. The molecular weight excluding hydrogens is 594 g/mol. The highest BCUT2D eigenvalue weighted by Crippen LogP contribution is 2.35. The van der Waals surface area contributed by atoms with E-state index in [1.54, 1.807) is 33.1 Å². The molecule has 0 bridgehead atoms. The SMILES string of the molecule is COc1cc(C)c(-c2cc(C)c(F)c([C@H](CC(=O)O)NC(=O)[C@H](CC(C)C)n3nc(CCN4CC(F)C4)c(C)cc3=O)c2)c(C)c1. The lowest BCUT2D eigenvalue weighted by molar-refractivity contribution is -0.138. The molecule has 1 amide bonds. The smallest absolute Gasteiger partial charge is 0.305 e. The van der Waals surface area contributed by atoms with Gasteiger partial charge in [-0.05, 0) is 97.7 Å². The van der Waals surface area contributed by atoms with E-state index in [-0.39, 0.29) is 17.9 Å². The fraction of sp³-hybridized carbons (Fsp3) is 0.486. The highest BCUT2D eigenvalue weighted by molar-refractivity contribution is 5.82. The Bertz CT molecular complexity index is 1640. The summed E-state index contributed by atoms with van der Waals surface area (Å²) >= 11 is 0. The molecule has 0 unspecified atom stereocenters. The summed E-state index contributed by atoms with van der Waals surface area (Å²) in [6, 6.07) is 6.16. The first-order chi connectivity index (χ1) is 21.7. The van der Waals surface area contributed by atoms with E-state index in [0.29, 0.717) is 54.2 Å². The van der Waals surface area contributed by atoms with E-state index in [4.69, 9.17) is 4.74 Å². The number of carboxylic acids is 1. The van der Waals surface area contributed by atoms with Crippen LogP contribution < -0.4 is 15.6 Å². The number of likely N-dealkylation sites (tertiary alicyclic amines) is 1. The van der Waals surface area contributed by atoms with Gasteiger partial charge in [-0.25, -0.2) is 13.5 Å². The molecular formula is C35H44F2N4O5. The Labute approximate surface area is 268 Å². The van der Waals surface area contributed by atoms with Gasteiger partial charge in [0.1, 0.15) is 23.8 Å². The van der Waals surface area contributed by atoms with Gasteiger partial charge in [-0.1, -0.05) is 13.8 Å². The molecule has 11 heteroatoms. The van der Waals surface area contributed by atoms with Gasteiger partial charge in [0.15, 0.2) is 0 Å². The standard InChI is InChI=1S/C35H44F2N4O5/c1-19(2)10-30(41-31(42)14-20(3)28(39-41)8-9-40-17-25(36)18-40)35(45)38-29(16-32(43)44)27-15-24(11-23(6)34(27)37)33-21(4)12-26(46-7)13-22(33)5/h11-15,19,25,29-30H,8-10,16-18H2,1-7H3,(H,38,45)(H,43,44)/t29-,30-/m0/s1. The summed E-state index contributed by atoms with van der Waals surface area (Å²) in [5.41, 5.74) is 4.47. The molecule has 2 heterocycles. The summed E-state index contributed by atoms with van der Waals surface area (Å²) in [6.07, 6.45) is -0.701. The van der Waals surface area contributed by atoms with Crippen LogP contribution in [0, 0.1) is 39.4 Å². The second-order valence-electron chi connectivity index (χ2n) is 12.8. The lowest BCUT2D eigenvalue weighted by atomic mass is 9.90. The summed E-state index contributed by atoms with van der Waals surface area (Å²) in [5.74, 6) is -1.82. The zero-order valence-corrected chi connectivity index (χ0v) is 27.6. The van der Waals surface area contributed by atoms with Crippen LogP contribution in [0.3, 0.4) is 0 Å². The van der Waals surface area contributed by atoms with Crippen LogP contribution in [0.5, 0.6) is 5.75 Å². The van der Waals surface area contributed by atoms with Gasteiger partial charge in [0.25, 0.3) is 5.56 Å². The largest absolute Gasteiger partial charge is 0.497 e. The summed E-state index contributed by atoms with van der Waals surface area (Å²) in [4.78, 5) is 41.2. The van der Waals surface area contributed by atoms with Crippen molar-refractivity contribution in [3.63, 3.8) is 0 Å². The Hall–Kier alpha value is -4.12. The van der Waals surface area contributed by atoms with Crippen LogP contribution in [-0.2, 0) is 16.0 Å². The van der Waals surface area contributed by atoms with Gasteiger partial charge >= 0.3 is 5.97 Å². The second-order valence-corrected chi connectivity index (χ2v) is 12.8. The number of rotatable bonds is 13. The molecule has 0 radical (unpaired) electrons. The number of nitrogens with one attached hydrogen (secondary N) is 1. The minimum atomic E-state index is -1.22. The number of methoxy groups -OCH3 is 1. The molecule has 2 aromatic carbocycles. The van der Waals surface area contributed by atoms with Gasteiger partial charge in [-0.2, -0.15) is 5.10 Å². The molecule has 46 heavy (non-hydrogen) atoms. The Kier molecular flexibility index (Phi) is 11.0. The van der Waals surface area contributed by atoms with Crippen molar-refractivity contribution in [3.05, 3.63) is 80.0 Å². The third-order valence-corrected chi connectivity index (χ3v) is 8.50. The van der Waals surface area contributed by atoms with Crippen molar-refractivity contribution in [2.45, 2.75) is 79.1 Å². The van der Waals surface area contributed by atoms with E-state index in [9.17, 15) is 23.9 Å². The fourth-order valence-electron chi connectivity index (χ4n) is 6.15. The van der Waals surface area contributed by atoms with Gasteiger partial charge < -0.3 is 15.2 Å². The number of amides is 1. The van der Waals surface area contributed by atoms with Crippen molar-refractivity contribution in [2.24, 2.45) is 5.92 Å². The number of aromatic nitrogens is 2. The summed E-state index contributed by atoms with van der Waals surface area (Å²) in [5, 5.41) is 17.2. The number of hydrogen-bond donors (Lipinski definition) is 2. The maximum atomic E-state index is 15.8. The molecule has 3 aromatic rings. The third kappa shape index (κ3) is 7.99. The number of aryl methyl sites for hydroxylation is 4. The van der Waals surface area contributed by atoms with Crippen LogP contribution in [0.1, 0.15) is 72.3 Å². The maximum absolute atomic E-state index is 15.8.